The molecule has 0 amide bonds. The predicted molar refractivity (Wildman–Crippen MR) is 61.2 cm³/mol. The van der Waals surface area contributed by atoms with E-state index < -0.39 is 17.7 Å². The Hall–Kier alpha value is -1.37. The topological polar surface area (TPSA) is 17.8 Å². The van der Waals surface area contributed by atoms with Gasteiger partial charge in [0, 0.05) is 10.9 Å². The highest BCUT2D eigenvalue weighted by Crippen LogP contribution is 2.34. The molecule has 96 valence electrons. The van der Waals surface area contributed by atoms with Crippen LogP contribution in [0.5, 0.6) is 0 Å². The van der Waals surface area contributed by atoms with Gasteiger partial charge in [0.15, 0.2) is 5.69 Å². The summed E-state index contributed by atoms with van der Waals surface area (Å²) in [7, 11) is 0. The van der Waals surface area contributed by atoms with Gasteiger partial charge in [-0.15, -0.1) is 0 Å². The first-order chi connectivity index (χ1) is 8.45. The van der Waals surface area contributed by atoms with Crippen molar-refractivity contribution in [1.29, 1.82) is 0 Å². The number of hydrogen-bond donors (Lipinski definition) is 0. The minimum atomic E-state index is -4.60. The van der Waals surface area contributed by atoms with Crippen LogP contribution in [0, 0.1) is 5.82 Å². The van der Waals surface area contributed by atoms with Crippen molar-refractivity contribution in [2.24, 2.45) is 0 Å². The molecule has 0 saturated carbocycles. The summed E-state index contributed by atoms with van der Waals surface area (Å²) >= 11 is 2.96. The molecule has 0 N–H and O–H groups in total. The fourth-order valence-electron chi connectivity index (χ4n) is 1.59. The van der Waals surface area contributed by atoms with Gasteiger partial charge in [0.25, 0.3) is 0 Å². The molecule has 0 aliphatic rings. The van der Waals surface area contributed by atoms with Crippen LogP contribution < -0.4 is 0 Å². The van der Waals surface area contributed by atoms with E-state index in [0.717, 1.165) is 12.3 Å². The van der Waals surface area contributed by atoms with Gasteiger partial charge in [-0.05, 0) is 12.1 Å². The monoisotopic (exact) mass is 322 g/mol. The molecule has 7 heteroatoms. The maximum absolute atomic E-state index is 13.5. The molecule has 0 unspecified atom stereocenters. The molecule has 18 heavy (non-hydrogen) atoms. The quantitative estimate of drug-likeness (QED) is 0.605. The van der Waals surface area contributed by atoms with E-state index in [0.29, 0.717) is 4.68 Å². The van der Waals surface area contributed by atoms with Gasteiger partial charge >= 0.3 is 6.18 Å². The van der Waals surface area contributed by atoms with E-state index in [1.807, 2.05) is 0 Å². The van der Waals surface area contributed by atoms with E-state index in [9.17, 15) is 17.6 Å². The zero-order valence-electron chi connectivity index (χ0n) is 8.88. The SMILES string of the molecule is Fc1ccccc1-n1ncc(CBr)c1C(F)(F)F. The lowest BCUT2D eigenvalue weighted by Gasteiger charge is -2.12. The third kappa shape index (κ3) is 2.27. The molecule has 0 spiro atoms. The minimum Gasteiger partial charge on any atom is -0.225 e. The highest BCUT2D eigenvalue weighted by Gasteiger charge is 2.38. The molecular formula is C11H7BrF4N2. The van der Waals surface area contributed by atoms with Crippen LogP contribution in [0.3, 0.4) is 0 Å². The number of aromatic nitrogens is 2. The van der Waals surface area contributed by atoms with Crippen molar-refractivity contribution in [2.75, 3.05) is 0 Å². The average molecular weight is 323 g/mol. The first-order valence-electron chi connectivity index (χ1n) is 4.90. The van der Waals surface area contributed by atoms with E-state index in [4.69, 9.17) is 0 Å². The van der Waals surface area contributed by atoms with Gasteiger partial charge < -0.3 is 0 Å². The average Bonchev–Trinajstić information content (AvgIpc) is 2.73. The van der Waals surface area contributed by atoms with Gasteiger partial charge in [-0.3, -0.25) is 0 Å². The Morgan fingerprint density at radius 1 is 1.22 bits per heavy atom. The Kier molecular flexibility index (Phi) is 3.43. The van der Waals surface area contributed by atoms with Crippen LogP contribution in [0.1, 0.15) is 11.3 Å². The van der Waals surface area contributed by atoms with Crippen LogP contribution in [0.25, 0.3) is 5.69 Å². The molecule has 1 heterocycles. The number of halogens is 5. The molecule has 2 rings (SSSR count). The van der Waals surface area contributed by atoms with Gasteiger partial charge in [-0.2, -0.15) is 18.3 Å². The second-order valence-electron chi connectivity index (χ2n) is 3.51. The van der Waals surface area contributed by atoms with E-state index in [2.05, 4.69) is 21.0 Å². The molecule has 0 aliphatic carbocycles. The largest absolute Gasteiger partial charge is 0.433 e. The van der Waals surface area contributed by atoms with Crippen LogP contribution in [0.4, 0.5) is 17.6 Å². The van der Waals surface area contributed by atoms with Gasteiger partial charge in [-0.1, -0.05) is 28.1 Å². The normalized spacial score (nSPS) is 11.8. The van der Waals surface area contributed by atoms with Crippen molar-refractivity contribution in [2.45, 2.75) is 11.5 Å². The van der Waals surface area contributed by atoms with Crippen molar-refractivity contribution < 1.29 is 17.6 Å². The summed E-state index contributed by atoms with van der Waals surface area (Å²) in [6, 6.07) is 5.19. The molecule has 1 aromatic carbocycles. The maximum Gasteiger partial charge on any atom is 0.433 e. The number of benzene rings is 1. The Morgan fingerprint density at radius 2 is 1.89 bits per heavy atom. The van der Waals surface area contributed by atoms with Crippen LogP contribution in [0.2, 0.25) is 0 Å². The van der Waals surface area contributed by atoms with Crippen LogP contribution in [-0.2, 0) is 11.5 Å². The summed E-state index contributed by atoms with van der Waals surface area (Å²) in [6.07, 6.45) is -3.52. The Bertz CT molecular complexity index is 562. The standard InChI is InChI=1S/C11H7BrF4N2/c12-5-7-6-17-18(10(7)11(14,15)16)9-4-2-1-3-8(9)13/h1-4,6H,5H2. The minimum absolute atomic E-state index is 0.00367. The van der Waals surface area contributed by atoms with Crippen LogP contribution >= 0.6 is 15.9 Å². The van der Waals surface area contributed by atoms with Gasteiger partial charge in [0.05, 0.1) is 6.20 Å². The third-order valence-corrected chi connectivity index (χ3v) is 2.94. The molecule has 0 radical (unpaired) electrons. The molecular weight excluding hydrogens is 316 g/mol. The van der Waals surface area contributed by atoms with Gasteiger partial charge in [0.2, 0.25) is 0 Å². The Morgan fingerprint density at radius 3 is 2.44 bits per heavy atom. The van der Waals surface area contributed by atoms with Crippen molar-refractivity contribution >= 4 is 15.9 Å². The number of hydrogen-bond acceptors (Lipinski definition) is 1. The zero-order chi connectivity index (χ0) is 13.3. The Labute approximate surface area is 108 Å². The highest BCUT2D eigenvalue weighted by atomic mass is 79.9. The molecule has 1 aromatic heterocycles. The molecule has 2 aromatic rings. The summed E-state index contributed by atoms with van der Waals surface area (Å²) in [5.41, 5.74) is -1.23. The van der Waals surface area contributed by atoms with Crippen molar-refractivity contribution in [1.82, 2.24) is 9.78 Å². The van der Waals surface area contributed by atoms with Crippen LogP contribution in [0.15, 0.2) is 30.5 Å². The smallest absolute Gasteiger partial charge is 0.225 e. The molecule has 2 nitrogen and oxygen atoms in total. The van der Waals surface area contributed by atoms with Gasteiger partial charge in [0.1, 0.15) is 11.5 Å². The summed E-state index contributed by atoms with van der Waals surface area (Å²) in [6.45, 7) is 0. The van der Waals surface area contributed by atoms with E-state index in [1.165, 1.54) is 18.2 Å². The zero-order valence-corrected chi connectivity index (χ0v) is 10.5. The maximum atomic E-state index is 13.5. The number of nitrogens with zero attached hydrogens (tertiary/aromatic N) is 2. The molecule has 0 bridgehead atoms. The number of rotatable bonds is 2. The lowest BCUT2D eigenvalue weighted by atomic mass is 10.2. The highest BCUT2D eigenvalue weighted by molar-refractivity contribution is 9.08. The second kappa shape index (κ2) is 4.72. The van der Waals surface area contributed by atoms with E-state index in [-0.39, 0.29) is 16.6 Å². The fraction of sp³-hybridized carbons (Fsp3) is 0.182. The molecule has 0 aliphatic heterocycles. The lowest BCUT2D eigenvalue weighted by Crippen LogP contribution is -2.16. The third-order valence-electron chi connectivity index (χ3n) is 2.34. The van der Waals surface area contributed by atoms with Crippen molar-refractivity contribution in [3.63, 3.8) is 0 Å². The van der Waals surface area contributed by atoms with E-state index >= 15 is 0 Å². The number of alkyl halides is 4. The first kappa shape index (κ1) is 13.1. The second-order valence-corrected chi connectivity index (χ2v) is 4.07. The van der Waals surface area contributed by atoms with Crippen LogP contribution in [-0.4, -0.2) is 9.78 Å². The Balaban J connectivity index is 2.66. The number of para-hydroxylation sites is 1. The first-order valence-corrected chi connectivity index (χ1v) is 6.02. The van der Waals surface area contributed by atoms with Crippen molar-refractivity contribution in [3.05, 3.63) is 47.5 Å². The van der Waals surface area contributed by atoms with E-state index in [1.54, 1.807) is 0 Å². The van der Waals surface area contributed by atoms with Gasteiger partial charge in [-0.25, -0.2) is 9.07 Å². The molecule has 0 saturated heterocycles. The fourth-order valence-corrected chi connectivity index (χ4v) is 2.00. The predicted octanol–water partition coefficient (Wildman–Crippen LogP) is 3.93. The summed E-state index contributed by atoms with van der Waals surface area (Å²) in [5.74, 6) is -0.757. The summed E-state index contributed by atoms with van der Waals surface area (Å²) in [5, 5.41) is 3.61. The molecule has 0 atom stereocenters. The lowest BCUT2D eigenvalue weighted by molar-refractivity contribution is -0.143. The van der Waals surface area contributed by atoms with Crippen molar-refractivity contribution in [3.8, 4) is 5.69 Å². The summed E-state index contributed by atoms with van der Waals surface area (Å²) in [4.78, 5) is 0. The summed E-state index contributed by atoms with van der Waals surface area (Å²) < 4.78 is 52.9. The molecule has 0 fully saturated rings.